The van der Waals surface area contributed by atoms with Crippen LogP contribution in [-0.4, -0.2) is 21.6 Å². The van der Waals surface area contributed by atoms with E-state index in [0.717, 1.165) is 0 Å². The van der Waals surface area contributed by atoms with E-state index in [2.05, 4.69) is 0 Å². The topological polar surface area (TPSA) is 64.6 Å². The van der Waals surface area contributed by atoms with Crippen molar-refractivity contribution in [3.05, 3.63) is 59.6 Å². The van der Waals surface area contributed by atoms with Crippen molar-refractivity contribution in [3.8, 4) is 5.75 Å². The molecular formula is C14H14ClNO4S. The van der Waals surface area contributed by atoms with Crippen LogP contribution in [0.1, 0.15) is 0 Å². The average Bonchev–Trinajstić information content (AvgIpc) is 2.48. The second kappa shape index (κ2) is 7.42. The van der Waals surface area contributed by atoms with Crippen molar-refractivity contribution in [2.45, 2.75) is 4.90 Å². The number of benzene rings is 2. The number of para-hydroxylation sites is 1. The normalized spacial score (nSPS) is 11.3. The molecule has 0 amide bonds. The Morgan fingerprint density at radius 1 is 0.952 bits per heavy atom. The van der Waals surface area contributed by atoms with Gasteiger partial charge in [0.2, 0.25) is 0 Å². The average molecular weight is 328 g/mol. The molecule has 2 rings (SSSR count). The van der Waals surface area contributed by atoms with Gasteiger partial charge in [-0.05, 0) is 36.4 Å². The van der Waals surface area contributed by atoms with E-state index in [9.17, 15) is 8.42 Å². The lowest BCUT2D eigenvalue weighted by Gasteiger charge is -2.08. The number of ether oxygens (including phenoxy) is 1. The molecule has 0 aromatic heterocycles. The monoisotopic (exact) mass is 327 g/mol. The van der Waals surface area contributed by atoms with Crippen LogP contribution in [0.15, 0.2) is 59.5 Å². The summed E-state index contributed by atoms with van der Waals surface area (Å²) < 4.78 is 29.1. The lowest BCUT2D eigenvalue weighted by molar-refractivity contribution is 0.0665. The third-order valence-electron chi connectivity index (χ3n) is 2.49. The van der Waals surface area contributed by atoms with Gasteiger partial charge in [0.25, 0.3) is 10.0 Å². The highest BCUT2D eigenvalue weighted by molar-refractivity contribution is 7.89. The Hall–Kier alpha value is -1.60. The fourth-order valence-electron chi connectivity index (χ4n) is 1.50. The van der Waals surface area contributed by atoms with Gasteiger partial charge in [0.05, 0.1) is 4.90 Å². The molecule has 112 valence electrons. The summed E-state index contributed by atoms with van der Waals surface area (Å²) in [5.41, 5.74) is 0. The van der Waals surface area contributed by atoms with E-state index in [1.54, 1.807) is 12.1 Å². The predicted molar refractivity (Wildman–Crippen MR) is 79.7 cm³/mol. The zero-order valence-electron chi connectivity index (χ0n) is 11.0. The minimum atomic E-state index is -3.71. The Bertz CT molecular complexity index is 659. The largest absolute Gasteiger partial charge is 0.491 e. The summed E-state index contributed by atoms with van der Waals surface area (Å²) in [7, 11) is -3.71. The Kier molecular flexibility index (Phi) is 5.58. The molecule has 0 aliphatic heterocycles. The fraction of sp³-hybridized carbons (Fsp3) is 0.143. The van der Waals surface area contributed by atoms with Crippen molar-refractivity contribution in [2.75, 3.05) is 13.2 Å². The Morgan fingerprint density at radius 2 is 1.62 bits per heavy atom. The maximum absolute atomic E-state index is 11.9. The minimum absolute atomic E-state index is 0.0795. The molecule has 21 heavy (non-hydrogen) atoms. The highest BCUT2D eigenvalue weighted by Crippen LogP contribution is 2.13. The zero-order valence-corrected chi connectivity index (χ0v) is 12.6. The van der Waals surface area contributed by atoms with Gasteiger partial charge < -0.3 is 4.74 Å². The van der Waals surface area contributed by atoms with Crippen molar-refractivity contribution >= 4 is 21.6 Å². The molecule has 0 heterocycles. The predicted octanol–water partition coefficient (Wildman–Crippen LogP) is 2.63. The second-order valence-electron chi connectivity index (χ2n) is 4.05. The highest BCUT2D eigenvalue weighted by atomic mass is 35.5. The van der Waals surface area contributed by atoms with Gasteiger partial charge in [0.15, 0.2) is 0 Å². The maximum atomic E-state index is 11.9. The number of hydrogen-bond donors (Lipinski definition) is 1. The molecule has 2 aromatic carbocycles. The lowest BCUT2D eigenvalue weighted by atomic mass is 10.3. The van der Waals surface area contributed by atoms with Crippen LogP contribution < -0.4 is 9.62 Å². The summed E-state index contributed by atoms with van der Waals surface area (Å²) in [6, 6.07) is 15.0. The quantitative estimate of drug-likeness (QED) is 0.627. The molecule has 0 fully saturated rings. The summed E-state index contributed by atoms with van der Waals surface area (Å²) in [5, 5.41) is 0.464. The molecule has 1 N–H and O–H groups in total. The first kappa shape index (κ1) is 15.8. The van der Waals surface area contributed by atoms with Crippen molar-refractivity contribution < 1.29 is 18.0 Å². The molecule has 0 atom stereocenters. The Labute approximate surface area is 128 Å². The Morgan fingerprint density at radius 3 is 2.29 bits per heavy atom. The molecule has 0 unspecified atom stereocenters. The van der Waals surface area contributed by atoms with Crippen molar-refractivity contribution in [2.24, 2.45) is 0 Å². The molecule has 0 spiro atoms. The van der Waals surface area contributed by atoms with E-state index in [0.29, 0.717) is 10.8 Å². The number of hydrogen-bond acceptors (Lipinski definition) is 4. The molecule has 0 saturated heterocycles. The molecule has 0 aliphatic rings. The van der Waals surface area contributed by atoms with E-state index in [-0.39, 0.29) is 18.1 Å². The van der Waals surface area contributed by atoms with Crippen LogP contribution in [0.4, 0.5) is 0 Å². The van der Waals surface area contributed by atoms with Crippen LogP contribution >= 0.6 is 11.6 Å². The first-order chi connectivity index (χ1) is 10.1. The minimum Gasteiger partial charge on any atom is -0.491 e. The van der Waals surface area contributed by atoms with Crippen LogP contribution in [0, 0.1) is 0 Å². The number of halogens is 1. The van der Waals surface area contributed by atoms with Crippen molar-refractivity contribution in [3.63, 3.8) is 0 Å². The lowest BCUT2D eigenvalue weighted by Crippen LogP contribution is -2.26. The van der Waals surface area contributed by atoms with Crippen molar-refractivity contribution in [1.29, 1.82) is 0 Å². The maximum Gasteiger partial charge on any atom is 0.262 e. The molecule has 0 bridgehead atoms. The van der Waals surface area contributed by atoms with Gasteiger partial charge >= 0.3 is 0 Å². The van der Waals surface area contributed by atoms with Gasteiger partial charge in [-0.3, -0.25) is 4.84 Å². The number of rotatable bonds is 7. The van der Waals surface area contributed by atoms with Crippen LogP contribution in [0.5, 0.6) is 5.75 Å². The van der Waals surface area contributed by atoms with Crippen LogP contribution in [-0.2, 0) is 14.9 Å². The standard InChI is InChI=1S/C14H14ClNO4S/c15-12-6-8-14(9-7-12)21(17,18)16-20-11-10-19-13-4-2-1-3-5-13/h1-9,16H,10-11H2. The SMILES string of the molecule is O=S(=O)(NOCCOc1ccccc1)c1ccc(Cl)cc1. The van der Waals surface area contributed by atoms with Gasteiger partial charge in [0, 0.05) is 5.02 Å². The summed E-state index contributed by atoms with van der Waals surface area (Å²) in [5.74, 6) is 0.696. The molecule has 2 aromatic rings. The van der Waals surface area contributed by atoms with E-state index in [4.69, 9.17) is 21.2 Å². The van der Waals surface area contributed by atoms with E-state index in [1.807, 2.05) is 23.1 Å². The fourth-order valence-corrected chi connectivity index (χ4v) is 2.45. The highest BCUT2D eigenvalue weighted by Gasteiger charge is 2.13. The summed E-state index contributed by atoms with van der Waals surface area (Å²) >= 11 is 5.70. The van der Waals surface area contributed by atoms with Gasteiger partial charge in [0.1, 0.15) is 19.0 Å². The van der Waals surface area contributed by atoms with E-state index >= 15 is 0 Å². The van der Waals surface area contributed by atoms with Crippen molar-refractivity contribution in [1.82, 2.24) is 4.89 Å². The molecule has 0 aliphatic carbocycles. The van der Waals surface area contributed by atoms with Gasteiger partial charge in [-0.15, -0.1) is 0 Å². The summed E-state index contributed by atoms with van der Waals surface area (Å²) in [4.78, 5) is 7.02. The summed E-state index contributed by atoms with van der Waals surface area (Å²) in [6.45, 7) is 0.314. The van der Waals surface area contributed by atoms with Crippen LogP contribution in [0.25, 0.3) is 0 Å². The molecular weight excluding hydrogens is 314 g/mol. The van der Waals surface area contributed by atoms with Gasteiger partial charge in [-0.2, -0.15) is 0 Å². The van der Waals surface area contributed by atoms with E-state index in [1.165, 1.54) is 24.3 Å². The molecule has 5 nitrogen and oxygen atoms in total. The van der Waals surface area contributed by atoms with Crippen LogP contribution in [0.2, 0.25) is 5.02 Å². The third-order valence-corrected chi connectivity index (χ3v) is 3.97. The van der Waals surface area contributed by atoms with Gasteiger partial charge in [-0.1, -0.05) is 34.7 Å². The second-order valence-corrected chi connectivity index (χ2v) is 6.13. The third kappa shape index (κ3) is 5.02. The first-order valence-electron chi connectivity index (χ1n) is 6.15. The zero-order chi connectivity index (χ0) is 15.1. The number of sulfonamides is 1. The molecule has 7 heteroatoms. The van der Waals surface area contributed by atoms with E-state index < -0.39 is 10.0 Å². The summed E-state index contributed by atoms with van der Waals surface area (Å²) in [6.07, 6.45) is 0. The number of nitrogens with one attached hydrogen (secondary N) is 1. The Balaban J connectivity index is 1.76. The van der Waals surface area contributed by atoms with Gasteiger partial charge in [-0.25, -0.2) is 8.42 Å². The smallest absolute Gasteiger partial charge is 0.262 e. The first-order valence-corrected chi connectivity index (χ1v) is 8.01. The molecule has 0 radical (unpaired) electrons. The van der Waals surface area contributed by atoms with Crippen LogP contribution in [0.3, 0.4) is 0 Å². The molecule has 0 saturated carbocycles.